The zero-order valence-corrected chi connectivity index (χ0v) is 7.72. The predicted octanol–water partition coefficient (Wildman–Crippen LogP) is 2.38. The van der Waals surface area contributed by atoms with Gasteiger partial charge >= 0.3 is 0 Å². The predicted molar refractivity (Wildman–Crippen MR) is 45.3 cm³/mol. The van der Waals surface area contributed by atoms with Crippen molar-refractivity contribution in [2.24, 2.45) is 5.41 Å². The molecule has 0 fully saturated rings. The Balaban J connectivity index is 3.08. The van der Waals surface area contributed by atoms with Crippen molar-refractivity contribution < 1.29 is 9.53 Å². The van der Waals surface area contributed by atoms with Gasteiger partial charge in [-0.2, -0.15) is 0 Å². The number of carbonyl (C=O) groups excluding carboxylic acids is 1. The molecule has 2 heteroatoms. The van der Waals surface area contributed by atoms with Gasteiger partial charge in [0.2, 0.25) is 0 Å². The Morgan fingerprint density at radius 2 is 1.91 bits per heavy atom. The molecule has 0 heterocycles. The van der Waals surface area contributed by atoms with Crippen LogP contribution in [0.3, 0.4) is 0 Å². The molecule has 0 saturated carbocycles. The standard InChI is InChI=1S/C9H18O2/c1-9(2,3)6-4-5-7-11-8-10/h8H,4-7H2,1-3H3. The topological polar surface area (TPSA) is 26.3 Å². The number of unbranched alkanes of at least 4 members (excludes halogenated alkanes) is 1. The maximum absolute atomic E-state index is 9.74. The maximum atomic E-state index is 9.74. The van der Waals surface area contributed by atoms with Gasteiger partial charge in [-0.05, 0) is 24.7 Å². The minimum atomic E-state index is 0.404. The zero-order chi connectivity index (χ0) is 8.74. The smallest absolute Gasteiger partial charge is 0.293 e. The van der Waals surface area contributed by atoms with E-state index >= 15 is 0 Å². The van der Waals surface area contributed by atoms with Crippen LogP contribution in [0.25, 0.3) is 0 Å². The summed E-state index contributed by atoms with van der Waals surface area (Å²) in [5.41, 5.74) is 0.404. The van der Waals surface area contributed by atoms with Crippen molar-refractivity contribution in [1.82, 2.24) is 0 Å². The van der Waals surface area contributed by atoms with Gasteiger partial charge in [0, 0.05) is 0 Å². The second kappa shape index (κ2) is 5.16. The quantitative estimate of drug-likeness (QED) is 0.453. The van der Waals surface area contributed by atoms with Gasteiger partial charge in [-0.25, -0.2) is 0 Å². The minimum Gasteiger partial charge on any atom is -0.468 e. The molecule has 0 atom stereocenters. The summed E-state index contributed by atoms with van der Waals surface area (Å²) >= 11 is 0. The molecule has 0 saturated heterocycles. The van der Waals surface area contributed by atoms with Crippen LogP contribution in [-0.2, 0) is 9.53 Å². The van der Waals surface area contributed by atoms with Crippen molar-refractivity contribution in [2.45, 2.75) is 40.0 Å². The first-order valence-corrected chi connectivity index (χ1v) is 4.11. The summed E-state index contributed by atoms with van der Waals surface area (Å²) in [5.74, 6) is 0. The normalized spacial score (nSPS) is 11.2. The summed E-state index contributed by atoms with van der Waals surface area (Å²) in [6.45, 7) is 7.73. The second-order valence-electron chi connectivity index (χ2n) is 3.98. The van der Waals surface area contributed by atoms with Crippen molar-refractivity contribution in [2.75, 3.05) is 6.61 Å². The molecule has 0 N–H and O–H groups in total. The van der Waals surface area contributed by atoms with Gasteiger partial charge < -0.3 is 4.74 Å². The third-order valence-electron chi connectivity index (χ3n) is 1.51. The molecule has 0 aliphatic heterocycles. The Hall–Kier alpha value is -0.530. The highest BCUT2D eigenvalue weighted by Crippen LogP contribution is 2.21. The number of rotatable bonds is 5. The highest BCUT2D eigenvalue weighted by molar-refractivity contribution is 5.36. The van der Waals surface area contributed by atoms with E-state index in [1.54, 1.807) is 0 Å². The molecule has 0 aliphatic carbocycles. The molecule has 0 unspecified atom stereocenters. The van der Waals surface area contributed by atoms with Crippen LogP contribution in [0.5, 0.6) is 0 Å². The second-order valence-corrected chi connectivity index (χ2v) is 3.98. The lowest BCUT2D eigenvalue weighted by Crippen LogP contribution is -2.05. The Bertz CT molecular complexity index is 103. The molecule has 0 bridgehead atoms. The van der Waals surface area contributed by atoms with Crippen LogP contribution in [0.1, 0.15) is 40.0 Å². The maximum Gasteiger partial charge on any atom is 0.293 e. The van der Waals surface area contributed by atoms with Gasteiger partial charge in [-0.15, -0.1) is 0 Å². The van der Waals surface area contributed by atoms with Crippen molar-refractivity contribution in [3.05, 3.63) is 0 Å². The molecule has 0 aromatic heterocycles. The summed E-state index contributed by atoms with van der Waals surface area (Å²) in [5, 5.41) is 0. The number of carbonyl (C=O) groups is 1. The third-order valence-corrected chi connectivity index (χ3v) is 1.51. The number of ether oxygens (including phenoxy) is 1. The van der Waals surface area contributed by atoms with E-state index in [-0.39, 0.29) is 0 Å². The first-order valence-electron chi connectivity index (χ1n) is 4.11. The first kappa shape index (κ1) is 10.5. The van der Waals surface area contributed by atoms with Gasteiger partial charge in [0.05, 0.1) is 6.61 Å². The summed E-state index contributed by atoms with van der Waals surface area (Å²) < 4.78 is 4.57. The summed E-state index contributed by atoms with van der Waals surface area (Å²) in [6, 6.07) is 0. The van der Waals surface area contributed by atoms with E-state index in [0.29, 0.717) is 18.5 Å². The first-order chi connectivity index (χ1) is 5.06. The highest BCUT2D eigenvalue weighted by Gasteiger charge is 2.08. The Labute approximate surface area is 68.9 Å². The average Bonchev–Trinajstić information content (AvgIpc) is 1.85. The molecule has 11 heavy (non-hydrogen) atoms. The van der Waals surface area contributed by atoms with Crippen LogP contribution >= 0.6 is 0 Å². The van der Waals surface area contributed by atoms with Crippen LogP contribution in [0.2, 0.25) is 0 Å². The molecular weight excluding hydrogens is 140 g/mol. The molecular formula is C9H18O2. The number of hydrogen-bond donors (Lipinski definition) is 0. The Kier molecular flexibility index (Phi) is 4.92. The lowest BCUT2D eigenvalue weighted by Gasteiger charge is -2.17. The van der Waals surface area contributed by atoms with Gasteiger partial charge in [-0.1, -0.05) is 20.8 Å². The lowest BCUT2D eigenvalue weighted by molar-refractivity contribution is -0.128. The van der Waals surface area contributed by atoms with E-state index in [4.69, 9.17) is 0 Å². The Morgan fingerprint density at radius 1 is 1.27 bits per heavy atom. The molecule has 0 spiro atoms. The molecule has 0 aliphatic rings. The monoisotopic (exact) mass is 158 g/mol. The van der Waals surface area contributed by atoms with E-state index in [9.17, 15) is 4.79 Å². The van der Waals surface area contributed by atoms with Crippen molar-refractivity contribution in [1.29, 1.82) is 0 Å². The highest BCUT2D eigenvalue weighted by atomic mass is 16.5. The van der Waals surface area contributed by atoms with Gasteiger partial charge in [0.15, 0.2) is 0 Å². The fraction of sp³-hybridized carbons (Fsp3) is 0.889. The molecule has 66 valence electrons. The van der Waals surface area contributed by atoms with Gasteiger partial charge in [0.1, 0.15) is 0 Å². The van der Waals surface area contributed by atoms with E-state index < -0.39 is 0 Å². The van der Waals surface area contributed by atoms with Crippen molar-refractivity contribution in [3.8, 4) is 0 Å². The van der Waals surface area contributed by atoms with Crippen LogP contribution in [0, 0.1) is 5.41 Å². The summed E-state index contributed by atoms with van der Waals surface area (Å²) in [4.78, 5) is 9.74. The fourth-order valence-corrected chi connectivity index (χ4v) is 0.889. The largest absolute Gasteiger partial charge is 0.468 e. The van der Waals surface area contributed by atoms with Gasteiger partial charge in [-0.3, -0.25) is 4.79 Å². The molecule has 0 aromatic carbocycles. The van der Waals surface area contributed by atoms with Crippen molar-refractivity contribution in [3.63, 3.8) is 0 Å². The van der Waals surface area contributed by atoms with Crippen LogP contribution < -0.4 is 0 Å². The van der Waals surface area contributed by atoms with E-state index in [1.807, 2.05) is 0 Å². The van der Waals surface area contributed by atoms with Gasteiger partial charge in [0.25, 0.3) is 6.47 Å². The molecule has 0 amide bonds. The Morgan fingerprint density at radius 3 is 2.36 bits per heavy atom. The molecule has 0 rings (SSSR count). The van der Waals surface area contributed by atoms with Crippen LogP contribution in [0.15, 0.2) is 0 Å². The summed E-state index contributed by atoms with van der Waals surface area (Å²) in [6.07, 6.45) is 3.31. The van der Waals surface area contributed by atoms with E-state index in [1.165, 1.54) is 6.42 Å². The van der Waals surface area contributed by atoms with Crippen LogP contribution in [-0.4, -0.2) is 13.1 Å². The van der Waals surface area contributed by atoms with E-state index in [0.717, 1.165) is 12.8 Å². The van der Waals surface area contributed by atoms with Crippen molar-refractivity contribution >= 4 is 6.47 Å². The average molecular weight is 158 g/mol. The summed E-state index contributed by atoms with van der Waals surface area (Å²) in [7, 11) is 0. The molecule has 2 nitrogen and oxygen atoms in total. The van der Waals surface area contributed by atoms with E-state index in [2.05, 4.69) is 25.5 Å². The molecule has 0 radical (unpaired) electrons. The zero-order valence-electron chi connectivity index (χ0n) is 7.72. The van der Waals surface area contributed by atoms with Crippen LogP contribution in [0.4, 0.5) is 0 Å². The lowest BCUT2D eigenvalue weighted by atomic mass is 9.90. The third kappa shape index (κ3) is 9.47. The fourth-order valence-electron chi connectivity index (χ4n) is 0.889. The minimum absolute atomic E-state index is 0.404. The SMILES string of the molecule is CC(C)(C)CCCCOC=O. The number of hydrogen-bond acceptors (Lipinski definition) is 2. The molecule has 0 aromatic rings.